The summed E-state index contributed by atoms with van der Waals surface area (Å²) in [5, 5.41) is 8.97. The molecule has 1 N–H and O–H groups in total. The summed E-state index contributed by atoms with van der Waals surface area (Å²) in [5.41, 5.74) is -0.336. The van der Waals surface area contributed by atoms with Crippen molar-refractivity contribution in [2.45, 2.75) is 19.3 Å². The zero-order chi connectivity index (χ0) is 13.1. The minimum atomic E-state index is -2.65. The Morgan fingerprint density at radius 2 is 2.28 bits per heavy atom. The highest BCUT2D eigenvalue weighted by atomic mass is 19.3. The maximum absolute atomic E-state index is 12.5. The molecular formula is C11H13F2N3O2. The van der Waals surface area contributed by atoms with Crippen LogP contribution in [-0.2, 0) is 4.79 Å². The van der Waals surface area contributed by atoms with Crippen molar-refractivity contribution < 1.29 is 18.7 Å². The number of hydrogen-bond acceptors (Lipinski definition) is 4. The average Bonchev–Trinajstić information content (AvgIpc) is 2.39. The van der Waals surface area contributed by atoms with Crippen LogP contribution < -0.4 is 4.90 Å². The lowest BCUT2D eigenvalue weighted by molar-refractivity contribution is -0.141. The summed E-state index contributed by atoms with van der Waals surface area (Å²) in [4.78, 5) is 20.1. The summed E-state index contributed by atoms with van der Waals surface area (Å²) in [7, 11) is 0. The lowest BCUT2D eigenvalue weighted by Gasteiger charge is -2.31. The molecular weight excluding hydrogens is 244 g/mol. The minimum absolute atomic E-state index is 0.301. The number of carbonyl (C=O) groups is 1. The molecule has 1 aliphatic heterocycles. The van der Waals surface area contributed by atoms with E-state index in [2.05, 4.69) is 9.97 Å². The number of piperidine rings is 1. The van der Waals surface area contributed by atoms with Crippen LogP contribution in [0.1, 0.15) is 25.0 Å². The van der Waals surface area contributed by atoms with Crippen LogP contribution in [0.3, 0.4) is 0 Å². The van der Waals surface area contributed by atoms with Crippen LogP contribution >= 0.6 is 0 Å². The highest BCUT2D eigenvalue weighted by Crippen LogP contribution is 2.24. The number of aliphatic carboxylic acids is 1. The second-order valence-electron chi connectivity index (χ2n) is 4.23. The second-order valence-corrected chi connectivity index (χ2v) is 4.23. The van der Waals surface area contributed by atoms with Gasteiger partial charge >= 0.3 is 5.97 Å². The summed E-state index contributed by atoms with van der Waals surface area (Å²) < 4.78 is 25.0. The fraction of sp³-hybridized carbons (Fsp3) is 0.545. The van der Waals surface area contributed by atoms with Crippen LogP contribution in [0.2, 0.25) is 0 Å². The van der Waals surface area contributed by atoms with Gasteiger partial charge in [-0.1, -0.05) is 0 Å². The Morgan fingerprint density at radius 1 is 1.50 bits per heavy atom. The maximum atomic E-state index is 12.5. The van der Waals surface area contributed by atoms with Crippen LogP contribution in [-0.4, -0.2) is 34.1 Å². The zero-order valence-electron chi connectivity index (χ0n) is 9.59. The van der Waals surface area contributed by atoms with Crippen LogP contribution in [0.4, 0.5) is 14.6 Å². The Morgan fingerprint density at radius 3 is 2.94 bits per heavy atom. The standard InChI is InChI=1S/C11H13F2N3O2/c12-10(13)8-4-9(15-6-14-8)16-3-1-2-7(5-16)11(17)18/h4,6-7,10H,1-3,5H2,(H,17,18). The van der Waals surface area contributed by atoms with E-state index < -0.39 is 18.3 Å². The largest absolute Gasteiger partial charge is 0.481 e. The fourth-order valence-electron chi connectivity index (χ4n) is 2.04. The van der Waals surface area contributed by atoms with Gasteiger partial charge in [0.2, 0.25) is 0 Å². The van der Waals surface area contributed by atoms with E-state index in [-0.39, 0.29) is 5.69 Å². The molecule has 1 atom stereocenters. The molecule has 1 aromatic heterocycles. The lowest BCUT2D eigenvalue weighted by Crippen LogP contribution is -2.39. The van der Waals surface area contributed by atoms with Gasteiger partial charge in [0.15, 0.2) is 0 Å². The van der Waals surface area contributed by atoms with Crippen molar-refractivity contribution in [2.24, 2.45) is 5.92 Å². The second kappa shape index (κ2) is 5.24. The van der Waals surface area contributed by atoms with E-state index >= 15 is 0 Å². The first-order valence-corrected chi connectivity index (χ1v) is 5.66. The molecule has 1 aliphatic rings. The molecule has 0 saturated carbocycles. The van der Waals surface area contributed by atoms with E-state index in [0.717, 1.165) is 6.33 Å². The fourth-order valence-corrected chi connectivity index (χ4v) is 2.04. The Bertz CT molecular complexity index is 442. The van der Waals surface area contributed by atoms with E-state index in [1.165, 1.54) is 6.07 Å². The van der Waals surface area contributed by atoms with Gasteiger partial charge < -0.3 is 10.0 Å². The van der Waals surface area contributed by atoms with Crippen molar-refractivity contribution >= 4 is 11.8 Å². The maximum Gasteiger partial charge on any atom is 0.308 e. The van der Waals surface area contributed by atoms with Crippen LogP contribution in [0.15, 0.2) is 12.4 Å². The third-order valence-electron chi connectivity index (χ3n) is 2.99. The SMILES string of the molecule is O=C(O)C1CCCN(c2cc(C(F)F)ncn2)C1. The number of halogens is 2. The Balaban J connectivity index is 2.15. The van der Waals surface area contributed by atoms with Crippen molar-refractivity contribution in [2.75, 3.05) is 18.0 Å². The molecule has 0 amide bonds. The topological polar surface area (TPSA) is 66.3 Å². The molecule has 1 saturated heterocycles. The Labute approximate surface area is 102 Å². The van der Waals surface area contributed by atoms with Gasteiger partial charge in [-0.25, -0.2) is 18.7 Å². The quantitative estimate of drug-likeness (QED) is 0.893. The number of alkyl halides is 2. The first-order valence-electron chi connectivity index (χ1n) is 5.66. The predicted octanol–water partition coefficient (Wildman–Crippen LogP) is 1.72. The molecule has 1 unspecified atom stereocenters. The van der Waals surface area contributed by atoms with Crippen molar-refractivity contribution in [3.63, 3.8) is 0 Å². The van der Waals surface area contributed by atoms with Gasteiger partial charge in [0.1, 0.15) is 17.8 Å². The molecule has 18 heavy (non-hydrogen) atoms. The van der Waals surface area contributed by atoms with Crippen molar-refractivity contribution in [3.8, 4) is 0 Å². The van der Waals surface area contributed by atoms with E-state index in [0.29, 0.717) is 31.7 Å². The summed E-state index contributed by atoms with van der Waals surface area (Å²) in [6.45, 7) is 0.929. The molecule has 5 nitrogen and oxygen atoms in total. The van der Waals surface area contributed by atoms with E-state index in [9.17, 15) is 13.6 Å². The van der Waals surface area contributed by atoms with E-state index in [1.807, 2.05) is 0 Å². The van der Waals surface area contributed by atoms with Crippen LogP contribution in [0.25, 0.3) is 0 Å². The lowest BCUT2D eigenvalue weighted by atomic mass is 9.98. The summed E-state index contributed by atoms with van der Waals surface area (Å²) in [6, 6.07) is 1.22. The third-order valence-corrected chi connectivity index (χ3v) is 2.99. The molecule has 0 spiro atoms. The molecule has 98 valence electrons. The van der Waals surface area contributed by atoms with Gasteiger partial charge in [0.05, 0.1) is 5.92 Å². The number of rotatable bonds is 3. The molecule has 0 aromatic carbocycles. The highest BCUT2D eigenvalue weighted by molar-refractivity contribution is 5.71. The number of carboxylic acids is 1. The molecule has 7 heteroatoms. The summed E-state index contributed by atoms with van der Waals surface area (Å²) in [5.74, 6) is -0.960. The number of nitrogens with zero attached hydrogens (tertiary/aromatic N) is 3. The van der Waals surface area contributed by atoms with Crippen LogP contribution in [0, 0.1) is 5.92 Å². The van der Waals surface area contributed by atoms with Crippen molar-refractivity contribution in [1.82, 2.24) is 9.97 Å². The van der Waals surface area contributed by atoms with Crippen molar-refractivity contribution in [3.05, 3.63) is 18.1 Å². The smallest absolute Gasteiger partial charge is 0.308 e. The normalized spacial score (nSPS) is 20.2. The van der Waals surface area contributed by atoms with Crippen molar-refractivity contribution in [1.29, 1.82) is 0 Å². The molecule has 1 fully saturated rings. The van der Waals surface area contributed by atoms with Gasteiger partial charge in [0.25, 0.3) is 6.43 Å². The third kappa shape index (κ3) is 2.72. The molecule has 0 aliphatic carbocycles. The van der Waals surface area contributed by atoms with Gasteiger partial charge in [0, 0.05) is 19.2 Å². The number of aromatic nitrogens is 2. The van der Waals surface area contributed by atoms with Gasteiger partial charge in [-0.05, 0) is 12.8 Å². The zero-order valence-corrected chi connectivity index (χ0v) is 9.59. The number of hydrogen-bond donors (Lipinski definition) is 1. The van der Waals surface area contributed by atoms with E-state index in [1.54, 1.807) is 4.90 Å². The highest BCUT2D eigenvalue weighted by Gasteiger charge is 2.26. The van der Waals surface area contributed by atoms with Gasteiger partial charge in [-0.3, -0.25) is 4.79 Å². The summed E-state index contributed by atoms with van der Waals surface area (Å²) in [6.07, 6.45) is -0.239. The summed E-state index contributed by atoms with van der Waals surface area (Å²) >= 11 is 0. The molecule has 0 radical (unpaired) electrons. The van der Waals surface area contributed by atoms with E-state index in [4.69, 9.17) is 5.11 Å². The van der Waals surface area contributed by atoms with Gasteiger partial charge in [-0.15, -0.1) is 0 Å². The van der Waals surface area contributed by atoms with Crippen LogP contribution in [0.5, 0.6) is 0 Å². The molecule has 2 heterocycles. The first-order chi connectivity index (χ1) is 8.58. The number of carboxylic acid groups (broad SMARTS) is 1. The molecule has 1 aromatic rings. The Kier molecular flexibility index (Phi) is 3.69. The number of anilines is 1. The molecule has 0 bridgehead atoms. The average molecular weight is 257 g/mol. The minimum Gasteiger partial charge on any atom is -0.481 e. The first kappa shape index (κ1) is 12.7. The predicted molar refractivity (Wildman–Crippen MR) is 59.6 cm³/mol. The Hall–Kier alpha value is -1.79. The molecule has 2 rings (SSSR count). The van der Waals surface area contributed by atoms with Gasteiger partial charge in [-0.2, -0.15) is 0 Å². The monoisotopic (exact) mass is 257 g/mol.